The molecule has 0 spiro atoms. The van der Waals surface area contributed by atoms with E-state index in [0.717, 1.165) is 34.9 Å². The Morgan fingerprint density at radius 2 is 1.83 bits per heavy atom. The van der Waals surface area contributed by atoms with E-state index in [1.54, 1.807) is 11.3 Å². The van der Waals surface area contributed by atoms with Crippen LogP contribution >= 0.6 is 22.9 Å². The summed E-state index contributed by atoms with van der Waals surface area (Å²) in [6.45, 7) is 1.48. The fraction of sp³-hybridized carbons (Fsp3) is 0.167. The topological polar surface area (TPSA) is 16.1 Å². The molecule has 2 aromatic carbocycles. The zero-order valence-corrected chi connectivity index (χ0v) is 14.2. The molecule has 0 aliphatic carbocycles. The summed E-state index contributed by atoms with van der Waals surface area (Å²) in [5.74, 6) is -0.208. The van der Waals surface area contributed by atoms with Gasteiger partial charge in [0.1, 0.15) is 10.8 Å². The highest BCUT2D eigenvalue weighted by molar-refractivity contribution is 7.13. The quantitative estimate of drug-likeness (QED) is 0.628. The van der Waals surface area contributed by atoms with Crippen LogP contribution in [0.1, 0.15) is 11.3 Å². The molecule has 3 aromatic rings. The molecule has 1 heterocycles. The summed E-state index contributed by atoms with van der Waals surface area (Å²) in [5.41, 5.74) is 3.05. The molecule has 0 unspecified atom stereocenters. The van der Waals surface area contributed by atoms with Gasteiger partial charge in [0.25, 0.3) is 0 Å². The zero-order valence-electron chi connectivity index (χ0n) is 12.7. The van der Waals surface area contributed by atoms with Crippen LogP contribution in [0.15, 0.2) is 53.9 Å². The average molecular weight is 347 g/mol. The Morgan fingerprint density at radius 3 is 2.57 bits per heavy atom. The van der Waals surface area contributed by atoms with Gasteiger partial charge >= 0.3 is 0 Å². The first-order valence-electron chi connectivity index (χ1n) is 7.24. The van der Waals surface area contributed by atoms with E-state index in [1.807, 2.05) is 43.4 Å². The van der Waals surface area contributed by atoms with Gasteiger partial charge in [-0.25, -0.2) is 9.37 Å². The number of hydrogen-bond acceptors (Lipinski definition) is 3. The van der Waals surface area contributed by atoms with E-state index in [1.165, 1.54) is 12.1 Å². The maximum atomic E-state index is 12.9. The summed E-state index contributed by atoms with van der Waals surface area (Å²) < 4.78 is 12.9. The number of nitrogens with zero attached hydrogens (tertiary/aromatic N) is 2. The fourth-order valence-electron chi connectivity index (χ4n) is 2.37. The Labute approximate surface area is 144 Å². The highest BCUT2D eigenvalue weighted by Crippen LogP contribution is 2.30. The van der Waals surface area contributed by atoms with E-state index < -0.39 is 0 Å². The zero-order chi connectivity index (χ0) is 16.2. The molecule has 5 heteroatoms. The van der Waals surface area contributed by atoms with Crippen LogP contribution in [0.25, 0.3) is 10.6 Å². The van der Waals surface area contributed by atoms with Crippen LogP contribution in [0.4, 0.5) is 4.39 Å². The third kappa shape index (κ3) is 4.16. The first-order valence-corrected chi connectivity index (χ1v) is 8.50. The van der Waals surface area contributed by atoms with Crippen molar-refractivity contribution in [1.29, 1.82) is 0 Å². The first-order chi connectivity index (χ1) is 11.1. The lowest BCUT2D eigenvalue weighted by molar-refractivity contribution is 0.315. The van der Waals surface area contributed by atoms with Gasteiger partial charge in [-0.2, -0.15) is 0 Å². The van der Waals surface area contributed by atoms with Crippen LogP contribution in [0, 0.1) is 5.82 Å². The lowest BCUT2D eigenvalue weighted by Crippen LogP contribution is -2.17. The van der Waals surface area contributed by atoms with Gasteiger partial charge in [-0.3, -0.25) is 4.90 Å². The molecule has 23 heavy (non-hydrogen) atoms. The molecule has 0 bridgehead atoms. The highest BCUT2D eigenvalue weighted by atomic mass is 35.5. The molecule has 3 rings (SSSR count). The lowest BCUT2D eigenvalue weighted by atomic mass is 10.2. The van der Waals surface area contributed by atoms with Crippen LogP contribution in [-0.4, -0.2) is 16.9 Å². The van der Waals surface area contributed by atoms with Gasteiger partial charge in [-0.1, -0.05) is 41.9 Å². The van der Waals surface area contributed by atoms with Crippen molar-refractivity contribution in [3.8, 4) is 10.6 Å². The van der Waals surface area contributed by atoms with Gasteiger partial charge in [0, 0.05) is 24.0 Å². The molecule has 0 saturated heterocycles. The second-order valence-electron chi connectivity index (χ2n) is 5.42. The van der Waals surface area contributed by atoms with E-state index >= 15 is 0 Å². The van der Waals surface area contributed by atoms with Gasteiger partial charge in [-0.15, -0.1) is 11.3 Å². The minimum absolute atomic E-state index is 0.208. The van der Waals surface area contributed by atoms with Crippen LogP contribution in [-0.2, 0) is 13.1 Å². The summed E-state index contributed by atoms with van der Waals surface area (Å²) >= 11 is 7.81. The van der Waals surface area contributed by atoms with Crippen molar-refractivity contribution in [2.24, 2.45) is 0 Å². The van der Waals surface area contributed by atoms with Gasteiger partial charge in [0.15, 0.2) is 0 Å². The highest BCUT2D eigenvalue weighted by Gasteiger charge is 2.10. The number of aromatic nitrogens is 1. The van der Waals surface area contributed by atoms with Crippen LogP contribution in [0.5, 0.6) is 0 Å². The Balaban J connectivity index is 1.67. The predicted octanol–water partition coefficient (Wildman–Crippen LogP) is 5.23. The smallest absolute Gasteiger partial charge is 0.125 e. The van der Waals surface area contributed by atoms with Crippen molar-refractivity contribution in [2.75, 3.05) is 7.05 Å². The van der Waals surface area contributed by atoms with Gasteiger partial charge in [-0.05, 0) is 30.8 Å². The normalized spacial score (nSPS) is 11.1. The molecule has 118 valence electrons. The van der Waals surface area contributed by atoms with E-state index in [2.05, 4.69) is 15.3 Å². The second kappa shape index (κ2) is 7.21. The minimum Gasteiger partial charge on any atom is -0.296 e. The lowest BCUT2D eigenvalue weighted by Gasteiger charge is -2.15. The molecule has 1 aromatic heterocycles. The molecular weight excluding hydrogens is 331 g/mol. The maximum Gasteiger partial charge on any atom is 0.125 e. The SMILES string of the molecule is CN(Cc1ccc(F)cc1)Cc1csc(-c2ccccc2Cl)n1. The van der Waals surface area contributed by atoms with Gasteiger partial charge in [0.05, 0.1) is 10.7 Å². The molecule has 0 radical (unpaired) electrons. The molecule has 0 aliphatic heterocycles. The molecule has 0 atom stereocenters. The minimum atomic E-state index is -0.208. The van der Waals surface area contributed by atoms with Crippen LogP contribution < -0.4 is 0 Å². The number of hydrogen-bond donors (Lipinski definition) is 0. The molecule has 0 fully saturated rings. The van der Waals surface area contributed by atoms with Crippen molar-refractivity contribution < 1.29 is 4.39 Å². The van der Waals surface area contributed by atoms with Crippen LogP contribution in [0.2, 0.25) is 5.02 Å². The molecule has 2 nitrogen and oxygen atoms in total. The molecule has 0 saturated carbocycles. The molecule has 0 amide bonds. The predicted molar refractivity (Wildman–Crippen MR) is 94.1 cm³/mol. The van der Waals surface area contributed by atoms with Crippen molar-refractivity contribution in [2.45, 2.75) is 13.1 Å². The standard InChI is InChI=1S/C18H16ClFN2S/c1-22(10-13-6-8-14(20)9-7-13)11-15-12-23-18(21-15)16-4-2-3-5-17(16)19/h2-9,12H,10-11H2,1H3. The van der Waals surface area contributed by atoms with E-state index in [-0.39, 0.29) is 5.82 Å². The van der Waals surface area contributed by atoms with Gasteiger partial charge in [0.2, 0.25) is 0 Å². The van der Waals surface area contributed by atoms with E-state index in [4.69, 9.17) is 11.6 Å². The van der Waals surface area contributed by atoms with Crippen molar-refractivity contribution in [1.82, 2.24) is 9.88 Å². The number of thiazole rings is 1. The maximum absolute atomic E-state index is 12.9. The number of benzene rings is 2. The van der Waals surface area contributed by atoms with Crippen LogP contribution in [0.3, 0.4) is 0 Å². The molecule has 0 N–H and O–H groups in total. The third-order valence-electron chi connectivity index (χ3n) is 3.45. The summed E-state index contributed by atoms with van der Waals surface area (Å²) in [6.07, 6.45) is 0. The molecule has 0 aliphatic rings. The monoisotopic (exact) mass is 346 g/mol. The summed E-state index contributed by atoms with van der Waals surface area (Å²) in [5, 5.41) is 3.70. The first kappa shape index (κ1) is 16.1. The largest absolute Gasteiger partial charge is 0.296 e. The Bertz CT molecular complexity index is 786. The van der Waals surface area contributed by atoms with E-state index in [0.29, 0.717) is 5.02 Å². The van der Waals surface area contributed by atoms with Crippen molar-refractivity contribution >= 4 is 22.9 Å². The number of halogens is 2. The van der Waals surface area contributed by atoms with Gasteiger partial charge < -0.3 is 0 Å². The number of rotatable bonds is 5. The Morgan fingerprint density at radius 1 is 1.09 bits per heavy atom. The Kier molecular flexibility index (Phi) is 5.06. The molecular formula is C18H16ClFN2S. The van der Waals surface area contributed by atoms with E-state index in [9.17, 15) is 4.39 Å². The average Bonchev–Trinajstić information content (AvgIpc) is 2.98. The third-order valence-corrected chi connectivity index (χ3v) is 4.71. The fourth-order valence-corrected chi connectivity index (χ4v) is 3.50. The van der Waals surface area contributed by atoms with Crippen molar-refractivity contribution in [3.63, 3.8) is 0 Å². The summed E-state index contributed by atoms with van der Waals surface area (Å²) in [7, 11) is 2.03. The summed E-state index contributed by atoms with van der Waals surface area (Å²) in [4.78, 5) is 6.82. The Hall–Kier alpha value is -1.75. The summed E-state index contributed by atoms with van der Waals surface area (Å²) in [6, 6.07) is 14.3. The van der Waals surface area contributed by atoms with Crippen molar-refractivity contribution in [3.05, 3.63) is 76.0 Å². The second-order valence-corrected chi connectivity index (χ2v) is 6.69.